The van der Waals surface area contributed by atoms with Gasteiger partial charge in [-0.3, -0.25) is 4.79 Å². The third-order valence-corrected chi connectivity index (χ3v) is 5.22. The Hall–Kier alpha value is -1.99. The van der Waals surface area contributed by atoms with Crippen LogP contribution in [0.5, 0.6) is 0 Å². The fourth-order valence-corrected chi connectivity index (χ4v) is 3.34. The van der Waals surface area contributed by atoms with Gasteiger partial charge in [0, 0.05) is 57.7 Å². The van der Waals surface area contributed by atoms with Crippen LogP contribution >= 0.6 is 35.1 Å². The number of H-pyrrole nitrogens is 1. The Morgan fingerprint density at radius 1 is 1.39 bits per heavy atom. The Balaban J connectivity index is 0.000000237. The first-order chi connectivity index (χ1) is 13.5. The molecular weight excluding hydrogens is 415 g/mol. The number of carbonyl (C=O) groups excluding carboxylic acids is 1. The molecule has 0 unspecified atom stereocenters. The molecule has 1 heterocycles. The predicted molar refractivity (Wildman–Crippen MR) is 121 cm³/mol. The quantitative estimate of drug-likeness (QED) is 0.456. The van der Waals surface area contributed by atoms with E-state index < -0.39 is 0 Å². The topological polar surface area (TPSA) is 83.3 Å². The number of aryl methyl sites for hydroxylation is 1. The third kappa shape index (κ3) is 6.27. The van der Waals surface area contributed by atoms with E-state index in [0.29, 0.717) is 35.3 Å². The summed E-state index contributed by atoms with van der Waals surface area (Å²) in [6.07, 6.45) is 4.20. The van der Waals surface area contributed by atoms with Crippen LogP contribution in [0.15, 0.2) is 50.7 Å². The van der Waals surface area contributed by atoms with Gasteiger partial charge in [-0.1, -0.05) is 47.5 Å². The van der Waals surface area contributed by atoms with E-state index in [-0.39, 0.29) is 5.91 Å². The summed E-state index contributed by atoms with van der Waals surface area (Å²) in [6, 6.07) is 9.83. The Morgan fingerprint density at radius 2 is 2.14 bits per heavy atom. The molecule has 5 nitrogen and oxygen atoms in total. The number of nitrogens with zero attached hydrogens (tertiary/aromatic N) is 1. The van der Waals surface area contributed by atoms with Crippen molar-refractivity contribution in [1.82, 2.24) is 10.3 Å². The SMILES string of the molecule is C=NSc1ccccc1C.NCCNC(=O)c1cc2c([nH]1)C=C(Cl)CC=C2Cl. The zero-order valence-electron chi connectivity index (χ0n) is 15.5. The number of aromatic amines is 1. The van der Waals surface area contributed by atoms with Crippen LogP contribution in [-0.4, -0.2) is 30.7 Å². The van der Waals surface area contributed by atoms with Gasteiger partial charge in [0.25, 0.3) is 5.91 Å². The summed E-state index contributed by atoms with van der Waals surface area (Å²) in [7, 11) is 0. The van der Waals surface area contributed by atoms with Crippen molar-refractivity contribution in [3.8, 4) is 0 Å². The van der Waals surface area contributed by atoms with Crippen molar-refractivity contribution in [2.75, 3.05) is 13.1 Å². The van der Waals surface area contributed by atoms with Gasteiger partial charge in [-0.25, -0.2) is 4.40 Å². The predicted octanol–water partition coefficient (Wildman–Crippen LogP) is 4.97. The molecule has 0 atom stereocenters. The fraction of sp³-hybridized carbons (Fsp3) is 0.200. The van der Waals surface area contributed by atoms with Crippen molar-refractivity contribution < 1.29 is 4.79 Å². The Bertz CT molecular complexity index is 905. The van der Waals surface area contributed by atoms with Crippen molar-refractivity contribution in [3.05, 3.63) is 64.0 Å². The van der Waals surface area contributed by atoms with Crippen LogP contribution in [0.1, 0.15) is 33.7 Å². The molecule has 1 aliphatic rings. The zero-order valence-corrected chi connectivity index (χ0v) is 17.8. The molecular formula is C20H22Cl2N4OS. The molecule has 0 bridgehead atoms. The van der Waals surface area contributed by atoms with Gasteiger partial charge in [0.05, 0.1) is 0 Å². The van der Waals surface area contributed by atoms with Crippen molar-refractivity contribution in [3.63, 3.8) is 0 Å². The molecule has 1 amide bonds. The van der Waals surface area contributed by atoms with E-state index in [4.69, 9.17) is 28.9 Å². The molecule has 0 saturated carbocycles. The second kappa shape index (κ2) is 11.1. The number of halogens is 2. The molecule has 148 valence electrons. The van der Waals surface area contributed by atoms with Gasteiger partial charge in [-0.2, -0.15) is 0 Å². The lowest BCUT2D eigenvalue weighted by Gasteiger charge is -2.00. The van der Waals surface area contributed by atoms with Gasteiger partial charge in [0.15, 0.2) is 0 Å². The highest BCUT2D eigenvalue weighted by molar-refractivity contribution is 7.98. The van der Waals surface area contributed by atoms with Gasteiger partial charge in [-0.05, 0) is 37.4 Å². The van der Waals surface area contributed by atoms with Gasteiger partial charge >= 0.3 is 0 Å². The van der Waals surface area contributed by atoms with E-state index in [9.17, 15) is 4.79 Å². The lowest BCUT2D eigenvalue weighted by atomic mass is 10.2. The van der Waals surface area contributed by atoms with Crippen LogP contribution < -0.4 is 11.1 Å². The van der Waals surface area contributed by atoms with Gasteiger partial charge < -0.3 is 16.0 Å². The molecule has 1 aliphatic carbocycles. The molecule has 0 radical (unpaired) electrons. The largest absolute Gasteiger partial charge is 0.350 e. The number of nitrogens with one attached hydrogen (secondary N) is 2. The number of rotatable bonds is 5. The van der Waals surface area contributed by atoms with Gasteiger partial charge in [0.2, 0.25) is 0 Å². The summed E-state index contributed by atoms with van der Waals surface area (Å²) in [4.78, 5) is 16.0. The van der Waals surface area contributed by atoms with Crippen molar-refractivity contribution in [2.45, 2.75) is 18.2 Å². The Kier molecular flexibility index (Phi) is 8.86. The lowest BCUT2D eigenvalue weighted by molar-refractivity contribution is 0.0950. The number of carbonyl (C=O) groups is 1. The summed E-state index contributed by atoms with van der Waals surface area (Å²) < 4.78 is 3.73. The molecule has 0 aliphatic heterocycles. The number of amides is 1. The van der Waals surface area contributed by atoms with Gasteiger partial charge in [0.1, 0.15) is 5.69 Å². The second-order valence-corrected chi connectivity index (χ2v) is 7.66. The first-order valence-electron chi connectivity index (χ1n) is 8.58. The number of benzene rings is 1. The van der Waals surface area contributed by atoms with E-state index in [0.717, 1.165) is 11.3 Å². The van der Waals surface area contributed by atoms with Crippen LogP contribution in [0.3, 0.4) is 0 Å². The van der Waals surface area contributed by atoms with Crippen molar-refractivity contribution >= 4 is 58.9 Å². The van der Waals surface area contributed by atoms with E-state index in [1.165, 1.54) is 22.4 Å². The minimum absolute atomic E-state index is 0.206. The highest BCUT2D eigenvalue weighted by Crippen LogP contribution is 2.31. The van der Waals surface area contributed by atoms with Crippen LogP contribution in [0.4, 0.5) is 0 Å². The van der Waals surface area contributed by atoms with E-state index >= 15 is 0 Å². The highest BCUT2D eigenvalue weighted by atomic mass is 35.5. The zero-order chi connectivity index (χ0) is 20.5. The number of allylic oxidation sites excluding steroid dienone is 2. The number of hydrogen-bond donors (Lipinski definition) is 3. The van der Waals surface area contributed by atoms with Gasteiger partial charge in [-0.15, -0.1) is 0 Å². The molecule has 2 aromatic rings. The second-order valence-electron chi connectivity index (χ2n) is 5.89. The fourth-order valence-electron chi connectivity index (χ4n) is 2.43. The standard InChI is InChI=1S/C12H13Cl2N3O.C8H9NS/c13-7-1-2-9(14)8-6-11(17-10(8)5-7)12(18)16-4-3-15;1-7-5-3-4-6-8(7)10-9-2/h2,5-6,17H,1,3-4,15H2,(H,16,18);3-6H,2H2,1H3. The summed E-state index contributed by atoms with van der Waals surface area (Å²) in [6.45, 7) is 6.31. The Morgan fingerprint density at radius 3 is 2.82 bits per heavy atom. The van der Waals surface area contributed by atoms with E-state index in [1.54, 1.807) is 12.1 Å². The highest BCUT2D eigenvalue weighted by Gasteiger charge is 2.16. The first-order valence-corrected chi connectivity index (χ1v) is 10.1. The molecule has 8 heteroatoms. The summed E-state index contributed by atoms with van der Waals surface area (Å²) in [5, 5.41) is 3.95. The minimum atomic E-state index is -0.206. The van der Waals surface area contributed by atoms with Crippen LogP contribution in [-0.2, 0) is 0 Å². The van der Waals surface area contributed by atoms with E-state index in [2.05, 4.69) is 34.4 Å². The maximum atomic E-state index is 11.8. The van der Waals surface area contributed by atoms with Crippen molar-refractivity contribution in [1.29, 1.82) is 0 Å². The molecule has 28 heavy (non-hydrogen) atoms. The monoisotopic (exact) mass is 436 g/mol. The maximum absolute atomic E-state index is 11.8. The summed E-state index contributed by atoms with van der Waals surface area (Å²) in [5.41, 5.74) is 8.56. The number of aromatic nitrogens is 1. The summed E-state index contributed by atoms with van der Waals surface area (Å²) in [5.74, 6) is -0.206. The van der Waals surface area contributed by atoms with Crippen molar-refractivity contribution in [2.24, 2.45) is 10.1 Å². The lowest BCUT2D eigenvalue weighted by Crippen LogP contribution is -2.29. The minimum Gasteiger partial charge on any atom is -0.350 e. The average molecular weight is 437 g/mol. The Labute approximate surface area is 179 Å². The van der Waals surface area contributed by atoms with Crippen LogP contribution in [0.2, 0.25) is 0 Å². The molecule has 1 aromatic carbocycles. The van der Waals surface area contributed by atoms with E-state index in [1.807, 2.05) is 24.3 Å². The molecule has 4 N–H and O–H groups in total. The third-order valence-electron chi connectivity index (χ3n) is 3.81. The maximum Gasteiger partial charge on any atom is 0.267 e. The number of hydrogen-bond acceptors (Lipinski definition) is 4. The first kappa shape index (κ1) is 22.3. The number of nitrogens with two attached hydrogens (primary N) is 1. The van der Waals surface area contributed by atoms with Crippen LogP contribution in [0.25, 0.3) is 11.1 Å². The molecule has 3 rings (SSSR count). The molecule has 0 spiro atoms. The smallest absolute Gasteiger partial charge is 0.267 e. The number of fused-ring (bicyclic) bond motifs is 1. The average Bonchev–Trinajstić information content (AvgIpc) is 3.05. The normalized spacial score (nSPS) is 12.6. The molecule has 0 fully saturated rings. The summed E-state index contributed by atoms with van der Waals surface area (Å²) >= 11 is 13.6. The molecule has 0 saturated heterocycles. The van der Waals surface area contributed by atoms with Crippen LogP contribution in [0, 0.1) is 6.92 Å². The molecule has 1 aromatic heterocycles.